The van der Waals surface area contributed by atoms with E-state index < -0.39 is 12.3 Å². The molecule has 0 saturated carbocycles. The largest absolute Gasteiger partial charge is 0.396 e. The van der Waals surface area contributed by atoms with Crippen LogP contribution in [0.2, 0.25) is 0 Å². The fourth-order valence-corrected chi connectivity index (χ4v) is 0.325. The van der Waals surface area contributed by atoms with Gasteiger partial charge in [-0.25, -0.2) is 0 Å². The first-order valence-electron chi connectivity index (χ1n) is 2.48. The summed E-state index contributed by atoms with van der Waals surface area (Å²) in [6, 6.07) is 0. The summed E-state index contributed by atoms with van der Waals surface area (Å²) in [5.41, 5.74) is 10.1. The lowest BCUT2D eigenvalue weighted by atomic mass is 10.2. The number of aliphatic hydroxyl groups excluding tert-OH is 2. The Morgan fingerprint density at radius 3 is 2.00 bits per heavy atom. The summed E-state index contributed by atoms with van der Waals surface area (Å²) < 4.78 is 0. The summed E-state index contributed by atoms with van der Waals surface area (Å²) in [4.78, 5) is 0. The monoisotopic (exact) mass is 120 g/mol. The van der Waals surface area contributed by atoms with Crippen LogP contribution in [0.1, 0.15) is 6.42 Å². The molecule has 1 unspecified atom stereocenters. The topological polar surface area (TPSA) is 92.5 Å². The lowest BCUT2D eigenvalue weighted by molar-refractivity contribution is 0.111. The molecule has 4 heteroatoms. The lowest BCUT2D eigenvalue weighted by Crippen LogP contribution is -2.42. The fraction of sp³-hybridized carbons (Fsp3) is 1.00. The number of hydrogen-bond acceptors (Lipinski definition) is 4. The molecule has 0 heterocycles. The Morgan fingerprint density at radius 2 is 1.88 bits per heavy atom. The minimum Gasteiger partial charge on any atom is -0.396 e. The van der Waals surface area contributed by atoms with Crippen LogP contribution in [0.5, 0.6) is 0 Å². The van der Waals surface area contributed by atoms with Gasteiger partial charge in [0.15, 0.2) is 0 Å². The second-order valence-electron chi connectivity index (χ2n) is 1.66. The predicted octanol–water partition coefficient (Wildman–Crippen LogP) is -2.03. The maximum atomic E-state index is 8.72. The molecule has 1 atom stereocenters. The second-order valence-corrected chi connectivity index (χ2v) is 1.66. The maximum Gasteiger partial charge on any atom is 0.0842 e. The van der Waals surface area contributed by atoms with Gasteiger partial charge in [-0.15, -0.1) is 0 Å². The molecular weight excluding hydrogens is 108 g/mol. The van der Waals surface area contributed by atoms with Gasteiger partial charge in [-0.1, -0.05) is 0 Å². The van der Waals surface area contributed by atoms with Crippen molar-refractivity contribution in [3.05, 3.63) is 0 Å². The third-order valence-electron chi connectivity index (χ3n) is 0.869. The van der Waals surface area contributed by atoms with Crippen molar-refractivity contribution in [3.8, 4) is 0 Å². The highest BCUT2D eigenvalue weighted by molar-refractivity contribution is 4.62. The summed E-state index contributed by atoms with van der Waals surface area (Å²) in [5.74, 6) is 0. The molecule has 0 fully saturated rings. The minimum atomic E-state index is -0.778. The molecule has 0 aromatic carbocycles. The molecule has 0 saturated heterocycles. The third kappa shape index (κ3) is 2.92. The summed E-state index contributed by atoms with van der Waals surface area (Å²) in [6.45, 7) is -0.0773. The molecule has 0 radical (unpaired) electrons. The van der Waals surface area contributed by atoms with Crippen LogP contribution in [0.25, 0.3) is 0 Å². The molecule has 4 nitrogen and oxygen atoms in total. The summed E-state index contributed by atoms with van der Waals surface area (Å²) in [6.07, 6.45) is -1.26. The standard InChI is InChI=1S/C4H12N2O2/c5-4(6)3(8)1-2-7/h3-4,7-8H,1-2,5-6H2. The van der Waals surface area contributed by atoms with E-state index in [1.807, 2.05) is 0 Å². The molecule has 0 aliphatic carbocycles. The van der Waals surface area contributed by atoms with Crippen LogP contribution >= 0.6 is 0 Å². The average molecular weight is 120 g/mol. The van der Waals surface area contributed by atoms with Crippen LogP contribution < -0.4 is 11.5 Å². The van der Waals surface area contributed by atoms with Gasteiger partial charge in [-0.3, -0.25) is 0 Å². The molecule has 0 aromatic rings. The van der Waals surface area contributed by atoms with Crippen molar-refractivity contribution in [3.63, 3.8) is 0 Å². The summed E-state index contributed by atoms with van der Waals surface area (Å²) in [7, 11) is 0. The van der Waals surface area contributed by atoms with E-state index in [0.717, 1.165) is 0 Å². The van der Waals surface area contributed by atoms with Gasteiger partial charge in [0.25, 0.3) is 0 Å². The molecule has 50 valence electrons. The molecule has 8 heavy (non-hydrogen) atoms. The van der Waals surface area contributed by atoms with Crippen molar-refractivity contribution >= 4 is 0 Å². The van der Waals surface area contributed by atoms with E-state index in [1.165, 1.54) is 0 Å². The van der Waals surface area contributed by atoms with Gasteiger partial charge in [0.05, 0.1) is 12.3 Å². The van der Waals surface area contributed by atoms with E-state index in [1.54, 1.807) is 0 Å². The Hall–Kier alpha value is -0.160. The van der Waals surface area contributed by atoms with E-state index in [4.69, 9.17) is 21.7 Å². The number of nitrogens with two attached hydrogens (primary N) is 2. The van der Waals surface area contributed by atoms with Crippen LogP contribution in [0.15, 0.2) is 0 Å². The number of rotatable bonds is 3. The van der Waals surface area contributed by atoms with E-state index in [9.17, 15) is 0 Å². The Labute approximate surface area is 48.1 Å². The Kier molecular flexibility index (Phi) is 3.72. The highest BCUT2D eigenvalue weighted by Gasteiger charge is 2.07. The van der Waals surface area contributed by atoms with Crippen LogP contribution in [-0.2, 0) is 0 Å². The van der Waals surface area contributed by atoms with Gasteiger partial charge >= 0.3 is 0 Å². The zero-order valence-electron chi connectivity index (χ0n) is 4.62. The minimum absolute atomic E-state index is 0.0773. The molecule has 0 spiro atoms. The number of aliphatic hydroxyl groups is 2. The van der Waals surface area contributed by atoms with Crippen LogP contribution in [-0.4, -0.2) is 29.1 Å². The highest BCUT2D eigenvalue weighted by Crippen LogP contribution is 1.88. The average Bonchev–Trinajstić information content (AvgIpc) is 1.67. The third-order valence-corrected chi connectivity index (χ3v) is 0.869. The first-order chi connectivity index (χ1) is 3.68. The molecule has 0 aliphatic rings. The molecule has 0 aliphatic heterocycles. The van der Waals surface area contributed by atoms with E-state index in [0.29, 0.717) is 0 Å². The van der Waals surface area contributed by atoms with Gasteiger partial charge < -0.3 is 21.7 Å². The zero-order chi connectivity index (χ0) is 6.57. The highest BCUT2D eigenvalue weighted by atomic mass is 16.3. The van der Waals surface area contributed by atoms with E-state index in [2.05, 4.69) is 0 Å². The Morgan fingerprint density at radius 1 is 1.38 bits per heavy atom. The van der Waals surface area contributed by atoms with Crippen LogP contribution in [0.3, 0.4) is 0 Å². The summed E-state index contributed by atoms with van der Waals surface area (Å²) in [5, 5.41) is 16.9. The Bertz CT molecular complexity index is 58.0. The normalized spacial score (nSPS) is 14.6. The van der Waals surface area contributed by atoms with Crippen molar-refractivity contribution in [1.82, 2.24) is 0 Å². The van der Waals surface area contributed by atoms with Crippen molar-refractivity contribution < 1.29 is 10.2 Å². The fourth-order valence-electron chi connectivity index (χ4n) is 0.325. The molecule has 6 N–H and O–H groups in total. The molecular formula is C4H12N2O2. The predicted molar refractivity (Wildman–Crippen MR) is 29.9 cm³/mol. The van der Waals surface area contributed by atoms with Gasteiger partial charge in [0.2, 0.25) is 0 Å². The smallest absolute Gasteiger partial charge is 0.0842 e. The van der Waals surface area contributed by atoms with Crippen LogP contribution in [0, 0.1) is 0 Å². The van der Waals surface area contributed by atoms with Gasteiger partial charge in [0, 0.05) is 6.61 Å². The van der Waals surface area contributed by atoms with Crippen molar-refractivity contribution in [1.29, 1.82) is 0 Å². The maximum absolute atomic E-state index is 8.72. The van der Waals surface area contributed by atoms with Crippen molar-refractivity contribution in [2.45, 2.75) is 18.7 Å². The quantitative estimate of drug-likeness (QED) is 0.323. The molecule has 0 amide bonds. The molecule has 0 rings (SSSR count). The van der Waals surface area contributed by atoms with Gasteiger partial charge in [0.1, 0.15) is 0 Å². The second kappa shape index (κ2) is 3.80. The lowest BCUT2D eigenvalue weighted by Gasteiger charge is -2.11. The van der Waals surface area contributed by atoms with E-state index >= 15 is 0 Å². The van der Waals surface area contributed by atoms with Crippen molar-refractivity contribution in [2.75, 3.05) is 6.61 Å². The SMILES string of the molecule is NC(N)C(O)CCO. The van der Waals surface area contributed by atoms with Gasteiger partial charge in [-0.2, -0.15) is 0 Å². The van der Waals surface area contributed by atoms with Gasteiger partial charge in [-0.05, 0) is 6.42 Å². The van der Waals surface area contributed by atoms with Crippen molar-refractivity contribution in [2.24, 2.45) is 11.5 Å². The summed E-state index contributed by atoms with van der Waals surface area (Å²) >= 11 is 0. The first-order valence-corrected chi connectivity index (χ1v) is 2.48. The Balaban J connectivity index is 3.17. The zero-order valence-corrected chi connectivity index (χ0v) is 4.62. The van der Waals surface area contributed by atoms with Crippen LogP contribution in [0.4, 0.5) is 0 Å². The molecule has 0 bridgehead atoms. The van der Waals surface area contributed by atoms with E-state index in [-0.39, 0.29) is 13.0 Å². The number of hydrogen-bond donors (Lipinski definition) is 4. The first kappa shape index (κ1) is 7.84. The molecule has 0 aromatic heterocycles.